The number of anilines is 2. The second-order valence-electron chi connectivity index (χ2n) is 6.13. The Morgan fingerprint density at radius 2 is 2.12 bits per heavy atom. The van der Waals surface area contributed by atoms with Crippen molar-refractivity contribution < 1.29 is 18.0 Å². The molecule has 3 heterocycles. The number of hydrogen-bond acceptors (Lipinski definition) is 6. The van der Waals surface area contributed by atoms with E-state index in [1.807, 2.05) is 11.8 Å². The Labute approximate surface area is 148 Å². The number of nitrogens with zero attached hydrogens (tertiary/aromatic N) is 3. The number of pyridine rings is 2. The first-order valence-corrected chi connectivity index (χ1v) is 8.09. The van der Waals surface area contributed by atoms with E-state index in [9.17, 15) is 18.0 Å². The number of nitrogens with two attached hydrogens (primary N) is 1. The molecule has 1 aliphatic heterocycles. The SMILES string of the molecule is C[C@H]1CN(c2ccc(C(F)(F)F)c(C(=O)c3cccnc3N)n2)CCN1. The highest BCUT2D eigenvalue weighted by Gasteiger charge is 2.37. The molecule has 0 aliphatic carbocycles. The first-order chi connectivity index (χ1) is 12.3. The van der Waals surface area contributed by atoms with Crippen molar-refractivity contribution in [2.45, 2.75) is 19.1 Å². The Hall–Kier alpha value is -2.68. The van der Waals surface area contributed by atoms with E-state index < -0.39 is 23.2 Å². The fourth-order valence-corrected chi connectivity index (χ4v) is 2.90. The first kappa shape index (κ1) is 18.1. The van der Waals surface area contributed by atoms with Gasteiger partial charge in [-0.05, 0) is 31.2 Å². The number of carbonyl (C=O) groups is 1. The maximum Gasteiger partial charge on any atom is 0.418 e. The Morgan fingerprint density at radius 1 is 1.35 bits per heavy atom. The zero-order chi connectivity index (χ0) is 18.9. The Kier molecular flexibility index (Phi) is 4.82. The average molecular weight is 365 g/mol. The molecule has 0 unspecified atom stereocenters. The highest BCUT2D eigenvalue weighted by atomic mass is 19.4. The lowest BCUT2D eigenvalue weighted by atomic mass is 10.0. The number of nitrogen functional groups attached to an aromatic ring is 1. The smallest absolute Gasteiger partial charge is 0.383 e. The lowest BCUT2D eigenvalue weighted by molar-refractivity contribution is -0.138. The molecule has 2 aromatic heterocycles. The number of carbonyl (C=O) groups excluding carboxylic acids is 1. The summed E-state index contributed by atoms with van der Waals surface area (Å²) in [6.45, 7) is 3.83. The van der Waals surface area contributed by atoms with E-state index in [0.29, 0.717) is 25.5 Å². The third-order valence-electron chi connectivity index (χ3n) is 4.18. The van der Waals surface area contributed by atoms with Crippen molar-refractivity contribution >= 4 is 17.4 Å². The number of rotatable bonds is 3. The van der Waals surface area contributed by atoms with Crippen LogP contribution < -0.4 is 16.0 Å². The Balaban J connectivity index is 2.07. The maximum atomic E-state index is 13.4. The van der Waals surface area contributed by atoms with Crippen LogP contribution in [0.5, 0.6) is 0 Å². The van der Waals surface area contributed by atoms with Crippen molar-refractivity contribution in [1.82, 2.24) is 15.3 Å². The molecule has 0 bridgehead atoms. The fraction of sp³-hybridized carbons (Fsp3) is 0.353. The number of hydrogen-bond donors (Lipinski definition) is 2. The molecule has 0 aromatic carbocycles. The van der Waals surface area contributed by atoms with E-state index >= 15 is 0 Å². The molecule has 1 atom stereocenters. The van der Waals surface area contributed by atoms with E-state index in [2.05, 4.69) is 15.3 Å². The lowest BCUT2D eigenvalue weighted by Gasteiger charge is -2.33. The van der Waals surface area contributed by atoms with Crippen LogP contribution >= 0.6 is 0 Å². The van der Waals surface area contributed by atoms with Crippen molar-refractivity contribution in [2.75, 3.05) is 30.3 Å². The molecule has 1 aliphatic rings. The van der Waals surface area contributed by atoms with E-state index in [1.54, 1.807) is 0 Å². The predicted octanol–water partition coefficient (Wildman–Crippen LogP) is 2.11. The standard InChI is InChI=1S/C17H18F3N5O/c1-10-9-25(8-7-22-10)13-5-4-12(17(18,19)20)14(24-13)15(26)11-3-2-6-23-16(11)21/h2-6,10,22H,7-9H2,1H3,(H2,21,23)/t10-/m0/s1. The van der Waals surface area contributed by atoms with Gasteiger partial charge in [0.25, 0.3) is 0 Å². The zero-order valence-electron chi connectivity index (χ0n) is 14.0. The van der Waals surface area contributed by atoms with Gasteiger partial charge in [-0.15, -0.1) is 0 Å². The number of aromatic nitrogens is 2. The van der Waals surface area contributed by atoms with Crippen molar-refractivity contribution in [1.29, 1.82) is 0 Å². The van der Waals surface area contributed by atoms with Crippen molar-refractivity contribution in [3.05, 3.63) is 47.3 Å². The molecule has 6 nitrogen and oxygen atoms in total. The van der Waals surface area contributed by atoms with Gasteiger partial charge in [-0.25, -0.2) is 9.97 Å². The molecular formula is C17H18F3N5O. The number of halogens is 3. The molecule has 26 heavy (non-hydrogen) atoms. The van der Waals surface area contributed by atoms with Crippen LogP contribution in [-0.4, -0.2) is 41.4 Å². The molecule has 0 saturated carbocycles. The van der Waals surface area contributed by atoms with Crippen LogP contribution in [0.4, 0.5) is 24.8 Å². The molecule has 138 valence electrons. The van der Waals surface area contributed by atoms with Crippen LogP contribution in [0.25, 0.3) is 0 Å². The molecule has 1 saturated heterocycles. The minimum absolute atomic E-state index is 0.101. The quantitative estimate of drug-likeness (QED) is 0.811. The fourth-order valence-electron chi connectivity index (χ4n) is 2.90. The van der Waals surface area contributed by atoms with Crippen LogP contribution in [0.2, 0.25) is 0 Å². The minimum Gasteiger partial charge on any atom is -0.383 e. The summed E-state index contributed by atoms with van der Waals surface area (Å²) in [5.74, 6) is -0.696. The first-order valence-electron chi connectivity index (χ1n) is 8.09. The maximum absolute atomic E-state index is 13.4. The van der Waals surface area contributed by atoms with Crippen LogP contribution in [0, 0.1) is 0 Å². The molecule has 0 radical (unpaired) electrons. The largest absolute Gasteiger partial charge is 0.418 e. The summed E-state index contributed by atoms with van der Waals surface area (Å²) in [6, 6.07) is 5.14. The molecule has 0 amide bonds. The summed E-state index contributed by atoms with van der Waals surface area (Å²) in [7, 11) is 0. The number of nitrogens with one attached hydrogen (secondary N) is 1. The third-order valence-corrected chi connectivity index (χ3v) is 4.18. The topological polar surface area (TPSA) is 84.1 Å². The molecule has 1 fully saturated rings. The average Bonchev–Trinajstić information content (AvgIpc) is 2.60. The van der Waals surface area contributed by atoms with Gasteiger partial charge in [-0.3, -0.25) is 4.79 Å². The molecule has 2 aromatic rings. The summed E-state index contributed by atoms with van der Waals surface area (Å²) in [4.78, 5) is 22.4. The second-order valence-corrected chi connectivity index (χ2v) is 6.13. The summed E-state index contributed by atoms with van der Waals surface area (Å²) >= 11 is 0. The van der Waals surface area contributed by atoms with E-state index in [1.165, 1.54) is 24.4 Å². The van der Waals surface area contributed by atoms with Crippen molar-refractivity contribution in [2.24, 2.45) is 0 Å². The summed E-state index contributed by atoms with van der Waals surface area (Å²) < 4.78 is 40.2. The Bertz CT molecular complexity index is 824. The molecular weight excluding hydrogens is 347 g/mol. The number of piperazine rings is 1. The predicted molar refractivity (Wildman–Crippen MR) is 91.0 cm³/mol. The van der Waals surface area contributed by atoms with Gasteiger partial charge in [-0.2, -0.15) is 13.2 Å². The molecule has 9 heteroatoms. The third kappa shape index (κ3) is 3.62. The minimum atomic E-state index is -4.70. The summed E-state index contributed by atoms with van der Waals surface area (Å²) in [5, 5.41) is 3.25. The van der Waals surface area contributed by atoms with Crippen LogP contribution in [0.3, 0.4) is 0 Å². The van der Waals surface area contributed by atoms with Gasteiger partial charge in [-0.1, -0.05) is 0 Å². The molecule has 3 rings (SSSR count). The van der Waals surface area contributed by atoms with Gasteiger partial charge in [0.2, 0.25) is 5.78 Å². The van der Waals surface area contributed by atoms with Crippen molar-refractivity contribution in [3.63, 3.8) is 0 Å². The van der Waals surface area contributed by atoms with E-state index in [0.717, 1.165) is 6.07 Å². The van der Waals surface area contributed by atoms with E-state index in [4.69, 9.17) is 5.73 Å². The number of alkyl halides is 3. The lowest BCUT2D eigenvalue weighted by Crippen LogP contribution is -2.49. The van der Waals surface area contributed by atoms with Crippen molar-refractivity contribution in [3.8, 4) is 0 Å². The van der Waals surface area contributed by atoms with Gasteiger partial charge in [0.05, 0.1) is 11.1 Å². The van der Waals surface area contributed by atoms with Crippen LogP contribution in [-0.2, 0) is 6.18 Å². The van der Waals surface area contributed by atoms with Gasteiger partial charge >= 0.3 is 6.18 Å². The van der Waals surface area contributed by atoms with Gasteiger partial charge in [0.15, 0.2) is 0 Å². The zero-order valence-corrected chi connectivity index (χ0v) is 14.0. The Morgan fingerprint density at radius 3 is 2.77 bits per heavy atom. The summed E-state index contributed by atoms with van der Waals surface area (Å²) in [6.07, 6.45) is -3.34. The molecule has 3 N–H and O–H groups in total. The van der Waals surface area contributed by atoms with Gasteiger partial charge < -0.3 is 16.0 Å². The normalized spacial score (nSPS) is 18.0. The van der Waals surface area contributed by atoms with Gasteiger partial charge in [0, 0.05) is 31.9 Å². The second kappa shape index (κ2) is 6.91. The molecule has 0 spiro atoms. The highest BCUT2D eigenvalue weighted by Crippen LogP contribution is 2.34. The van der Waals surface area contributed by atoms with Gasteiger partial charge in [0.1, 0.15) is 17.3 Å². The number of ketones is 1. The summed E-state index contributed by atoms with van der Waals surface area (Å²) in [5.41, 5.74) is 3.81. The highest BCUT2D eigenvalue weighted by molar-refractivity contribution is 6.11. The monoisotopic (exact) mass is 365 g/mol. The van der Waals surface area contributed by atoms with E-state index in [-0.39, 0.29) is 17.4 Å². The van der Waals surface area contributed by atoms with Crippen LogP contribution in [0.15, 0.2) is 30.5 Å². The van der Waals surface area contributed by atoms with Crippen LogP contribution in [0.1, 0.15) is 28.5 Å².